The van der Waals surface area contributed by atoms with Crippen LogP contribution in [0.3, 0.4) is 0 Å². The Morgan fingerprint density at radius 2 is 1.94 bits per heavy atom. The van der Waals surface area contributed by atoms with E-state index < -0.39 is 0 Å². The van der Waals surface area contributed by atoms with Crippen molar-refractivity contribution in [3.8, 4) is 0 Å². The number of hydrogen-bond donors (Lipinski definition) is 1. The summed E-state index contributed by atoms with van der Waals surface area (Å²) in [6, 6.07) is 8.58. The number of carbonyl (C=O) groups is 1. The summed E-state index contributed by atoms with van der Waals surface area (Å²) in [6.45, 7) is 0.856. The first kappa shape index (κ1) is 10.3. The number of benzene rings is 1. The molecule has 0 aromatic heterocycles. The van der Waals surface area contributed by atoms with Gasteiger partial charge in [-0.05, 0) is 36.5 Å². The van der Waals surface area contributed by atoms with Crippen molar-refractivity contribution in [2.24, 2.45) is 5.92 Å². The van der Waals surface area contributed by atoms with Crippen LogP contribution in [-0.4, -0.2) is 12.5 Å². The monoisotopic (exact) mass is 279 g/mol. The predicted molar refractivity (Wildman–Crippen MR) is 66.2 cm³/mol. The summed E-state index contributed by atoms with van der Waals surface area (Å²) in [5.74, 6) is 0.717. The number of rotatable bonds is 2. The average molecular weight is 280 g/mol. The van der Waals surface area contributed by atoms with Gasteiger partial charge in [-0.15, -0.1) is 0 Å². The Morgan fingerprint density at radius 1 is 1.25 bits per heavy atom. The molecule has 1 saturated carbocycles. The van der Waals surface area contributed by atoms with E-state index in [9.17, 15) is 4.79 Å². The third-order valence-corrected chi connectivity index (χ3v) is 4.50. The molecule has 1 N–H and O–H groups in total. The number of carbonyl (C=O) groups excluding carboxylic acids is 1. The highest BCUT2D eigenvalue weighted by atomic mass is 79.9. The smallest absolute Gasteiger partial charge is 0.220 e. The van der Waals surface area contributed by atoms with Crippen molar-refractivity contribution < 1.29 is 4.79 Å². The van der Waals surface area contributed by atoms with Crippen molar-refractivity contribution >= 4 is 21.8 Å². The molecule has 1 heterocycles. The summed E-state index contributed by atoms with van der Waals surface area (Å²) >= 11 is 3.46. The lowest BCUT2D eigenvalue weighted by atomic mass is 9.82. The number of nitrogens with one attached hydrogen (secondary N) is 1. The fourth-order valence-electron chi connectivity index (χ4n) is 2.85. The van der Waals surface area contributed by atoms with Gasteiger partial charge < -0.3 is 5.32 Å². The van der Waals surface area contributed by atoms with Crippen LogP contribution in [0.15, 0.2) is 28.7 Å². The van der Waals surface area contributed by atoms with Crippen molar-refractivity contribution in [1.82, 2.24) is 5.32 Å². The Bertz CT molecular complexity index is 422. The second-order valence-corrected chi connectivity index (χ2v) is 5.78. The van der Waals surface area contributed by atoms with Crippen molar-refractivity contribution in [1.29, 1.82) is 0 Å². The Hall–Kier alpha value is -0.830. The molecule has 2 aliphatic rings. The lowest BCUT2D eigenvalue weighted by molar-refractivity contribution is -0.119. The first-order valence-electron chi connectivity index (χ1n) is 5.73. The van der Waals surface area contributed by atoms with Gasteiger partial charge in [0.15, 0.2) is 0 Å². The molecule has 1 aromatic rings. The van der Waals surface area contributed by atoms with Crippen LogP contribution < -0.4 is 5.32 Å². The number of amides is 1. The van der Waals surface area contributed by atoms with Gasteiger partial charge in [-0.2, -0.15) is 0 Å². The number of halogens is 1. The molecule has 1 aromatic carbocycles. The van der Waals surface area contributed by atoms with E-state index in [1.54, 1.807) is 0 Å². The van der Waals surface area contributed by atoms with Crippen LogP contribution in [0.4, 0.5) is 0 Å². The van der Waals surface area contributed by atoms with Crippen LogP contribution in [0.25, 0.3) is 0 Å². The van der Waals surface area contributed by atoms with E-state index >= 15 is 0 Å². The highest BCUT2D eigenvalue weighted by Crippen LogP contribution is 2.55. The fourth-order valence-corrected chi connectivity index (χ4v) is 3.11. The SMILES string of the molecule is O=C1CC(C2(c3ccc(Br)cc3)CC2)CN1. The van der Waals surface area contributed by atoms with Crippen molar-refractivity contribution in [2.75, 3.05) is 6.54 Å². The summed E-state index contributed by atoms with van der Waals surface area (Å²) in [5.41, 5.74) is 1.69. The van der Waals surface area contributed by atoms with E-state index in [1.807, 2.05) is 0 Å². The van der Waals surface area contributed by atoms with Crippen LogP contribution in [0.5, 0.6) is 0 Å². The molecule has 1 saturated heterocycles. The summed E-state index contributed by atoms with van der Waals surface area (Å²) in [6.07, 6.45) is 3.17. The summed E-state index contributed by atoms with van der Waals surface area (Å²) in [7, 11) is 0. The van der Waals surface area contributed by atoms with Gasteiger partial charge in [-0.3, -0.25) is 4.79 Å². The highest BCUT2D eigenvalue weighted by Gasteiger charge is 2.52. The van der Waals surface area contributed by atoms with E-state index in [0.29, 0.717) is 17.8 Å². The Labute approximate surface area is 104 Å². The minimum Gasteiger partial charge on any atom is -0.356 e. The molecule has 0 bridgehead atoms. The van der Waals surface area contributed by atoms with Crippen LogP contribution in [0, 0.1) is 5.92 Å². The molecule has 1 aliphatic heterocycles. The van der Waals surface area contributed by atoms with E-state index in [0.717, 1.165) is 11.0 Å². The third kappa shape index (κ3) is 1.58. The molecule has 0 spiro atoms. The topological polar surface area (TPSA) is 29.1 Å². The largest absolute Gasteiger partial charge is 0.356 e. The highest BCUT2D eigenvalue weighted by molar-refractivity contribution is 9.10. The Morgan fingerprint density at radius 3 is 2.44 bits per heavy atom. The van der Waals surface area contributed by atoms with Gasteiger partial charge in [0.1, 0.15) is 0 Å². The van der Waals surface area contributed by atoms with Crippen LogP contribution in [-0.2, 0) is 10.2 Å². The molecular formula is C13H14BrNO. The minimum atomic E-state index is 0.216. The first-order chi connectivity index (χ1) is 7.71. The Balaban J connectivity index is 1.88. The summed E-state index contributed by atoms with van der Waals surface area (Å²) in [5, 5.41) is 2.95. The van der Waals surface area contributed by atoms with Crippen LogP contribution >= 0.6 is 15.9 Å². The van der Waals surface area contributed by atoms with E-state index in [4.69, 9.17) is 0 Å². The maximum Gasteiger partial charge on any atom is 0.220 e. The average Bonchev–Trinajstić information content (AvgIpc) is 2.97. The van der Waals surface area contributed by atoms with Gasteiger partial charge in [0, 0.05) is 22.9 Å². The Kier molecular flexibility index (Phi) is 2.32. The molecule has 0 radical (unpaired) electrons. The predicted octanol–water partition coefficient (Wildman–Crippen LogP) is 2.62. The molecule has 1 unspecified atom stereocenters. The molecule has 2 nitrogen and oxygen atoms in total. The van der Waals surface area contributed by atoms with Crippen molar-refractivity contribution in [3.63, 3.8) is 0 Å². The third-order valence-electron chi connectivity index (χ3n) is 3.97. The molecule has 84 valence electrons. The van der Waals surface area contributed by atoms with E-state index in [2.05, 4.69) is 45.5 Å². The zero-order chi connectivity index (χ0) is 11.2. The second kappa shape index (κ2) is 3.59. The summed E-state index contributed by atoms with van der Waals surface area (Å²) in [4.78, 5) is 11.3. The lowest BCUT2D eigenvalue weighted by Gasteiger charge is -2.21. The second-order valence-electron chi connectivity index (χ2n) is 4.87. The summed E-state index contributed by atoms with van der Waals surface area (Å²) < 4.78 is 1.12. The first-order valence-corrected chi connectivity index (χ1v) is 6.53. The van der Waals surface area contributed by atoms with Gasteiger partial charge >= 0.3 is 0 Å². The fraction of sp³-hybridized carbons (Fsp3) is 0.462. The minimum absolute atomic E-state index is 0.216. The van der Waals surface area contributed by atoms with Gasteiger partial charge in [-0.1, -0.05) is 28.1 Å². The van der Waals surface area contributed by atoms with Crippen molar-refractivity contribution in [3.05, 3.63) is 34.3 Å². The molecule has 16 heavy (non-hydrogen) atoms. The molecule has 2 fully saturated rings. The molecule has 1 atom stereocenters. The van der Waals surface area contributed by atoms with Gasteiger partial charge in [0.2, 0.25) is 5.91 Å². The van der Waals surface area contributed by atoms with Crippen LogP contribution in [0.2, 0.25) is 0 Å². The van der Waals surface area contributed by atoms with E-state index in [-0.39, 0.29) is 5.91 Å². The maximum atomic E-state index is 11.3. The standard InChI is InChI=1S/C13H14BrNO/c14-11-3-1-9(2-4-11)13(5-6-13)10-7-12(16)15-8-10/h1-4,10H,5-8H2,(H,15,16). The maximum absolute atomic E-state index is 11.3. The lowest BCUT2D eigenvalue weighted by Crippen LogP contribution is -2.22. The quantitative estimate of drug-likeness (QED) is 0.886. The molecular weight excluding hydrogens is 266 g/mol. The van der Waals surface area contributed by atoms with E-state index in [1.165, 1.54) is 18.4 Å². The molecule has 1 amide bonds. The number of hydrogen-bond acceptors (Lipinski definition) is 1. The van der Waals surface area contributed by atoms with Crippen LogP contribution in [0.1, 0.15) is 24.8 Å². The van der Waals surface area contributed by atoms with Crippen molar-refractivity contribution in [2.45, 2.75) is 24.7 Å². The zero-order valence-corrected chi connectivity index (χ0v) is 10.6. The molecule has 1 aliphatic carbocycles. The van der Waals surface area contributed by atoms with Gasteiger partial charge in [-0.25, -0.2) is 0 Å². The normalized spacial score (nSPS) is 26.6. The van der Waals surface area contributed by atoms with Gasteiger partial charge in [0.05, 0.1) is 0 Å². The molecule has 3 heteroatoms. The van der Waals surface area contributed by atoms with Gasteiger partial charge in [0.25, 0.3) is 0 Å². The zero-order valence-electron chi connectivity index (χ0n) is 9.00. The molecule has 3 rings (SSSR count).